The maximum atomic E-state index is 11.9. The van der Waals surface area contributed by atoms with Crippen molar-refractivity contribution < 1.29 is 4.79 Å². The molecule has 2 unspecified atom stereocenters. The number of fused-ring (bicyclic) bond motifs is 1. The fourth-order valence-corrected chi connectivity index (χ4v) is 4.21. The Bertz CT molecular complexity index is 514. The van der Waals surface area contributed by atoms with Crippen LogP contribution < -0.4 is 5.32 Å². The van der Waals surface area contributed by atoms with E-state index < -0.39 is 0 Å². The SMILES string of the molecule is C=CCNC(=NCC(=O)N(C)C)N1CCC2C(CCCN2C2CC2)C1. The molecule has 0 aromatic rings. The van der Waals surface area contributed by atoms with Crippen LogP contribution in [0.2, 0.25) is 0 Å². The normalized spacial score (nSPS) is 27.6. The van der Waals surface area contributed by atoms with Crippen molar-refractivity contribution in [3.05, 3.63) is 12.7 Å². The number of nitrogens with one attached hydrogen (secondary N) is 1. The number of aliphatic imine (C=N–C) groups is 1. The van der Waals surface area contributed by atoms with Crippen molar-refractivity contribution in [3.8, 4) is 0 Å². The second kappa shape index (κ2) is 8.21. The number of rotatable bonds is 5. The first-order chi connectivity index (χ1) is 12.1. The van der Waals surface area contributed by atoms with Crippen molar-refractivity contribution in [2.75, 3.05) is 46.8 Å². The van der Waals surface area contributed by atoms with Crippen LogP contribution in [-0.2, 0) is 4.79 Å². The molecule has 3 fully saturated rings. The summed E-state index contributed by atoms with van der Waals surface area (Å²) in [5, 5.41) is 3.35. The molecule has 2 atom stereocenters. The summed E-state index contributed by atoms with van der Waals surface area (Å²) < 4.78 is 0. The van der Waals surface area contributed by atoms with Crippen LogP contribution in [0.25, 0.3) is 0 Å². The van der Waals surface area contributed by atoms with E-state index in [0.29, 0.717) is 6.54 Å². The minimum Gasteiger partial charge on any atom is -0.353 e. The van der Waals surface area contributed by atoms with Crippen molar-refractivity contribution >= 4 is 11.9 Å². The highest BCUT2D eigenvalue weighted by molar-refractivity contribution is 5.85. The summed E-state index contributed by atoms with van der Waals surface area (Å²) in [6.07, 6.45) is 8.47. The Labute approximate surface area is 151 Å². The van der Waals surface area contributed by atoms with Gasteiger partial charge in [0.25, 0.3) is 0 Å². The summed E-state index contributed by atoms with van der Waals surface area (Å²) in [7, 11) is 3.55. The van der Waals surface area contributed by atoms with Crippen LogP contribution in [0.3, 0.4) is 0 Å². The Morgan fingerprint density at radius 1 is 1.28 bits per heavy atom. The highest BCUT2D eigenvalue weighted by Crippen LogP contribution is 2.38. The molecule has 0 aromatic carbocycles. The number of likely N-dealkylation sites (N-methyl/N-ethyl adjacent to an activating group) is 1. The zero-order chi connectivity index (χ0) is 17.8. The first-order valence-electron chi connectivity index (χ1n) is 9.70. The monoisotopic (exact) mass is 347 g/mol. The summed E-state index contributed by atoms with van der Waals surface area (Å²) in [6, 6.07) is 1.62. The molecule has 25 heavy (non-hydrogen) atoms. The van der Waals surface area contributed by atoms with Crippen molar-refractivity contribution in [1.29, 1.82) is 0 Å². The fraction of sp³-hybridized carbons (Fsp3) is 0.789. The van der Waals surface area contributed by atoms with Gasteiger partial charge in [0, 0.05) is 45.8 Å². The van der Waals surface area contributed by atoms with Gasteiger partial charge in [-0.25, -0.2) is 4.99 Å². The predicted octanol–water partition coefficient (Wildman–Crippen LogP) is 1.15. The first kappa shape index (κ1) is 18.2. The predicted molar refractivity (Wildman–Crippen MR) is 102 cm³/mol. The number of hydrogen-bond acceptors (Lipinski definition) is 3. The number of amides is 1. The average Bonchev–Trinajstić information content (AvgIpc) is 3.45. The first-order valence-corrected chi connectivity index (χ1v) is 9.70. The van der Waals surface area contributed by atoms with Gasteiger partial charge in [0.15, 0.2) is 5.96 Å². The molecule has 6 heteroatoms. The third kappa shape index (κ3) is 4.54. The van der Waals surface area contributed by atoms with Crippen LogP contribution >= 0.6 is 0 Å². The maximum Gasteiger partial charge on any atom is 0.243 e. The zero-order valence-corrected chi connectivity index (χ0v) is 15.8. The van der Waals surface area contributed by atoms with Gasteiger partial charge in [-0.3, -0.25) is 9.69 Å². The topological polar surface area (TPSA) is 51.2 Å². The number of nitrogens with zero attached hydrogens (tertiary/aromatic N) is 4. The summed E-state index contributed by atoms with van der Waals surface area (Å²) >= 11 is 0. The number of hydrogen-bond donors (Lipinski definition) is 1. The van der Waals surface area contributed by atoms with Crippen LogP contribution in [0.15, 0.2) is 17.6 Å². The van der Waals surface area contributed by atoms with Crippen LogP contribution in [0, 0.1) is 5.92 Å². The van der Waals surface area contributed by atoms with Gasteiger partial charge in [-0.1, -0.05) is 6.08 Å². The van der Waals surface area contributed by atoms with Gasteiger partial charge < -0.3 is 15.1 Å². The molecule has 2 saturated heterocycles. The molecule has 0 radical (unpaired) electrons. The highest BCUT2D eigenvalue weighted by atomic mass is 16.2. The lowest BCUT2D eigenvalue weighted by atomic mass is 9.83. The molecular weight excluding hydrogens is 314 g/mol. The quantitative estimate of drug-likeness (QED) is 0.461. The van der Waals surface area contributed by atoms with Gasteiger partial charge in [-0.15, -0.1) is 6.58 Å². The standard InChI is InChI=1S/C19H33N5O/c1-4-10-20-19(21-13-18(25)22(2)3)23-12-9-17-15(14-23)6-5-11-24(17)16-7-8-16/h4,15-17H,1,5-14H2,2-3H3,(H,20,21). The Morgan fingerprint density at radius 2 is 2.08 bits per heavy atom. The lowest BCUT2D eigenvalue weighted by molar-refractivity contribution is -0.127. The molecule has 1 aliphatic carbocycles. The number of piperidine rings is 2. The smallest absolute Gasteiger partial charge is 0.243 e. The third-order valence-corrected chi connectivity index (χ3v) is 5.69. The van der Waals surface area contributed by atoms with Crippen LogP contribution in [-0.4, -0.2) is 85.5 Å². The molecule has 0 aromatic heterocycles. The summed E-state index contributed by atoms with van der Waals surface area (Å²) in [5.41, 5.74) is 0. The van der Waals surface area contributed by atoms with E-state index in [-0.39, 0.29) is 12.5 Å². The van der Waals surface area contributed by atoms with E-state index in [2.05, 4.69) is 26.7 Å². The highest BCUT2D eigenvalue weighted by Gasteiger charge is 2.42. The van der Waals surface area contributed by atoms with Crippen LogP contribution in [0.4, 0.5) is 0 Å². The van der Waals surface area contributed by atoms with Gasteiger partial charge in [0.1, 0.15) is 6.54 Å². The molecule has 0 bridgehead atoms. The number of carbonyl (C=O) groups is 1. The van der Waals surface area contributed by atoms with E-state index in [1.54, 1.807) is 19.0 Å². The summed E-state index contributed by atoms with van der Waals surface area (Å²) in [4.78, 5) is 23.2. The Kier molecular flexibility index (Phi) is 5.99. The van der Waals surface area contributed by atoms with Crippen LogP contribution in [0.5, 0.6) is 0 Å². The number of likely N-dealkylation sites (tertiary alicyclic amines) is 2. The second-order valence-electron chi connectivity index (χ2n) is 7.77. The van der Waals surface area contributed by atoms with E-state index in [0.717, 1.165) is 37.1 Å². The Morgan fingerprint density at radius 3 is 2.76 bits per heavy atom. The largest absolute Gasteiger partial charge is 0.353 e. The molecular formula is C19H33N5O. The maximum absolute atomic E-state index is 11.9. The van der Waals surface area contributed by atoms with Gasteiger partial charge in [0.05, 0.1) is 0 Å². The second-order valence-corrected chi connectivity index (χ2v) is 7.77. The van der Waals surface area contributed by atoms with Gasteiger partial charge in [0.2, 0.25) is 5.91 Å². The van der Waals surface area contributed by atoms with Crippen molar-refractivity contribution in [2.24, 2.45) is 10.9 Å². The molecule has 1 amide bonds. The summed E-state index contributed by atoms with van der Waals surface area (Å²) in [6.45, 7) is 8.02. The summed E-state index contributed by atoms with van der Waals surface area (Å²) in [5.74, 6) is 1.62. The zero-order valence-electron chi connectivity index (χ0n) is 15.8. The molecule has 140 valence electrons. The Balaban J connectivity index is 1.64. The molecule has 2 aliphatic heterocycles. The van der Waals surface area contributed by atoms with E-state index in [1.807, 2.05) is 6.08 Å². The number of carbonyl (C=O) groups excluding carboxylic acids is 1. The van der Waals surface area contributed by atoms with Gasteiger partial charge >= 0.3 is 0 Å². The molecule has 3 rings (SSSR count). The molecule has 3 aliphatic rings. The number of guanidine groups is 1. The molecule has 2 heterocycles. The van der Waals surface area contributed by atoms with Gasteiger partial charge in [-0.2, -0.15) is 0 Å². The van der Waals surface area contributed by atoms with Gasteiger partial charge in [-0.05, 0) is 44.6 Å². The minimum atomic E-state index is 0.0327. The minimum absolute atomic E-state index is 0.0327. The Hall–Kier alpha value is -1.56. The van der Waals surface area contributed by atoms with E-state index in [4.69, 9.17) is 0 Å². The molecule has 1 saturated carbocycles. The average molecular weight is 348 g/mol. The fourth-order valence-electron chi connectivity index (χ4n) is 4.21. The lowest BCUT2D eigenvalue weighted by Gasteiger charge is -2.48. The third-order valence-electron chi connectivity index (χ3n) is 5.69. The van der Waals surface area contributed by atoms with Crippen molar-refractivity contribution in [2.45, 2.75) is 44.2 Å². The van der Waals surface area contributed by atoms with Crippen molar-refractivity contribution in [1.82, 2.24) is 20.0 Å². The van der Waals surface area contributed by atoms with E-state index in [1.165, 1.54) is 38.6 Å². The lowest BCUT2D eigenvalue weighted by Crippen LogP contribution is -2.57. The molecule has 0 spiro atoms. The van der Waals surface area contributed by atoms with E-state index >= 15 is 0 Å². The van der Waals surface area contributed by atoms with E-state index in [9.17, 15) is 4.79 Å². The molecule has 1 N–H and O–H groups in total. The van der Waals surface area contributed by atoms with Crippen molar-refractivity contribution in [3.63, 3.8) is 0 Å². The molecule has 6 nitrogen and oxygen atoms in total. The van der Waals surface area contributed by atoms with Crippen LogP contribution in [0.1, 0.15) is 32.1 Å².